The monoisotopic (exact) mass is 295 g/mol. The third kappa shape index (κ3) is 3.58. The summed E-state index contributed by atoms with van der Waals surface area (Å²) < 4.78 is 4.99. The van der Waals surface area contributed by atoms with Crippen LogP contribution in [0.4, 0.5) is 0 Å². The van der Waals surface area contributed by atoms with Crippen LogP contribution in [0.1, 0.15) is 25.7 Å². The minimum Gasteiger partial charge on any atom is -0.385 e. The lowest BCUT2D eigenvalue weighted by Crippen LogP contribution is -2.42. The van der Waals surface area contributed by atoms with E-state index < -0.39 is 0 Å². The maximum atomic E-state index is 12.0. The largest absolute Gasteiger partial charge is 0.385 e. The molecule has 21 heavy (non-hydrogen) atoms. The Morgan fingerprint density at radius 1 is 1.29 bits per heavy atom. The molecule has 3 aliphatic rings. The summed E-state index contributed by atoms with van der Waals surface area (Å²) in [5.41, 5.74) is 0. The summed E-state index contributed by atoms with van der Waals surface area (Å²) in [5, 5.41) is 3.00. The highest BCUT2D eigenvalue weighted by molar-refractivity contribution is 5.78. The Labute approximate surface area is 128 Å². The molecule has 0 bridgehead atoms. The summed E-state index contributed by atoms with van der Waals surface area (Å²) in [4.78, 5) is 17.0. The number of methoxy groups -OCH3 is 1. The zero-order chi connectivity index (χ0) is 14.7. The normalized spacial score (nSPS) is 32.9. The van der Waals surface area contributed by atoms with E-state index in [4.69, 9.17) is 4.74 Å². The van der Waals surface area contributed by atoms with Gasteiger partial charge in [0.1, 0.15) is 0 Å². The molecule has 3 aliphatic heterocycles. The Morgan fingerprint density at radius 2 is 2.19 bits per heavy atom. The van der Waals surface area contributed by atoms with Crippen LogP contribution in [-0.4, -0.2) is 74.7 Å². The number of nitrogens with one attached hydrogen (secondary N) is 1. The first kappa shape index (κ1) is 15.3. The molecule has 3 atom stereocenters. The third-order valence-electron chi connectivity index (χ3n) is 5.41. The van der Waals surface area contributed by atoms with Crippen molar-refractivity contribution in [2.45, 2.75) is 31.7 Å². The van der Waals surface area contributed by atoms with Gasteiger partial charge in [-0.05, 0) is 37.6 Å². The fourth-order valence-electron chi connectivity index (χ4n) is 4.48. The smallest absolute Gasteiger partial charge is 0.234 e. The van der Waals surface area contributed by atoms with Crippen molar-refractivity contribution in [3.05, 3.63) is 0 Å². The molecule has 5 heteroatoms. The summed E-state index contributed by atoms with van der Waals surface area (Å²) >= 11 is 0. The minimum atomic E-state index is 0.173. The van der Waals surface area contributed by atoms with Crippen LogP contribution < -0.4 is 5.32 Å². The zero-order valence-corrected chi connectivity index (χ0v) is 13.2. The zero-order valence-electron chi connectivity index (χ0n) is 13.2. The number of piperidine rings is 1. The first-order valence-corrected chi connectivity index (χ1v) is 8.50. The second-order valence-corrected chi connectivity index (χ2v) is 6.87. The van der Waals surface area contributed by atoms with Gasteiger partial charge >= 0.3 is 0 Å². The molecular formula is C16H29N3O2. The second-order valence-electron chi connectivity index (χ2n) is 6.87. The van der Waals surface area contributed by atoms with Gasteiger partial charge in [-0.1, -0.05) is 6.42 Å². The van der Waals surface area contributed by atoms with E-state index in [9.17, 15) is 4.79 Å². The molecule has 0 saturated carbocycles. The molecule has 0 spiro atoms. The molecule has 1 amide bonds. The summed E-state index contributed by atoms with van der Waals surface area (Å²) in [7, 11) is 1.69. The quantitative estimate of drug-likeness (QED) is 0.727. The van der Waals surface area contributed by atoms with E-state index in [0.29, 0.717) is 13.2 Å². The maximum Gasteiger partial charge on any atom is 0.234 e. The van der Waals surface area contributed by atoms with Gasteiger partial charge in [0, 0.05) is 45.9 Å². The van der Waals surface area contributed by atoms with E-state index >= 15 is 0 Å². The molecule has 3 rings (SSSR count). The lowest BCUT2D eigenvalue weighted by atomic mass is 9.90. The standard InChI is InChI=1S/C16H29N3O2/c1-21-8-4-6-17-16(20)12-18-9-13-10-19-7-3-2-5-15(19)14(13)11-18/h13-15H,2-12H2,1H3,(H,17,20)/t13-,14+,15+/m0/s1. The van der Waals surface area contributed by atoms with Gasteiger partial charge in [-0.2, -0.15) is 0 Å². The number of likely N-dealkylation sites (tertiary alicyclic amines) is 1. The molecule has 0 unspecified atom stereocenters. The Kier molecular flexibility index (Phi) is 5.14. The third-order valence-corrected chi connectivity index (χ3v) is 5.41. The van der Waals surface area contributed by atoms with Crippen LogP contribution in [0.2, 0.25) is 0 Å². The van der Waals surface area contributed by atoms with Crippen molar-refractivity contribution >= 4 is 5.91 Å². The predicted octanol–water partition coefficient (Wildman–Crippen LogP) is 0.555. The van der Waals surface area contributed by atoms with Crippen LogP contribution in [0.15, 0.2) is 0 Å². The number of ether oxygens (including phenoxy) is 1. The highest BCUT2D eigenvalue weighted by Crippen LogP contribution is 2.40. The van der Waals surface area contributed by atoms with Gasteiger partial charge in [0.15, 0.2) is 0 Å². The molecule has 0 radical (unpaired) electrons. The van der Waals surface area contributed by atoms with Crippen LogP contribution in [-0.2, 0) is 9.53 Å². The SMILES string of the molecule is COCCCNC(=O)CN1C[C@H]2CN3CCCC[C@@H]3[C@@H]2C1. The Bertz CT molecular complexity index is 363. The predicted molar refractivity (Wildman–Crippen MR) is 82.1 cm³/mol. The van der Waals surface area contributed by atoms with Crippen LogP contribution in [0.25, 0.3) is 0 Å². The van der Waals surface area contributed by atoms with E-state index in [1.165, 1.54) is 32.4 Å². The summed E-state index contributed by atoms with van der Waals surface area (Å²) in [6.07, 6.45) is 5.04. The average Bonchev–Trinajstić information content (AvgIpc) is 3.00. The Morgan fingerprint density at radius 3 is 3.05 bits per heavy atom. The number of nitrogens with zero attached hydrogens (tertiary/aromatic N) is 2. The van der Waals surface area contributed by atoms with Crippen molar-refractivity contribution < 1.29 is 9.53 Å². The average molecular weight is 295 g/mol. The molecule has 3 saturated heterocycles. The van der Waals surface area contributed by atoms with Gasteiger partial charge in [0.2, 0.25) is 5.91 Å². The van der Waals surface area contributed by atoms with E-state index in [1.54, 1.807) is 7.11 Å². The highest BCUT2D eigenvalue weighted by Gasteiger charge is 2.47. The number of hydrogen-bond donors (Lipinski definition) is 1. The second kappa shape index (κ2) is 7.07. The van der Waals surface area contributed by atoms with Crippen molar-refractivity contribution in [3.63, 3.8) is 0 Å². The number of hydrogen-bond acceptors (Lipinski definition) is 4. The van der Waals surface area contributed by atoms with Crippen molar-refractivity contribution in [2.24, 2.45) is 11.8 Å². The molecule has 0 aliphatic carbocycles. The lowest BCUT2D eigenvalue weighted by Gasteiger charge is -2.33. The number of fused-ring (bicyclic) bond motifs is 3. The number of carbonyl (C=O) groups excluding carboxylic acids is 1. The molecule has 3 heterocycles. The van der Waals surface area contributed by atoms with Crippen LogP contribution in [0, 0.1) is 11.8 Å². The Hall–Kier alpha value is -0.650. The van der Waals surface area contributed by atoms with Gasteiger partial charge in [0.05, 0.1) is 6.54 Å². The van der Waals surface area contributed by atoms with E-state index in [-0.39, 0.29) is 5.91 Å². The van der Waals surface area contributed by atoms with Crippen molar-refractivity contribution in [3.8, 4) is 0 Å². The molecule has 120 valence electrons. The van der Waals surface area contributed by atoms with Gasteiger partial charge in [-0.15, -0.1) is 0 Å². The molecule has 0 aromatic rings. The number of carbonyl (C=O) groups is 1. The molecular weight excluding hydrogens is 266 g/mol. The Balaban J connectivity index is 1.40. The molecule has 3 fully saturated rings. The fourth-order valence-corrected chi connectivity index (χ4v) is 4.48. The lowest BCUT2D eigenvalue weighted by molar-refractivity contribution is -0.122. The molecule has 5 nitrogen and oxygen atoms in total. The summed E-state index contributed by atoms with van der Waals surface area (Å²) in [6.45, 7) is 6.82. The molecule has 1 N–H and O–H groups in total. The van der Waals surface area contributed by atoms with Crippen LogP contribution in [0.5, 0.6) is 0 Å². The highest BCUT2D eigenvalue weighted by atomic mass is 16.5. The van der Waals surface area contributed by atoms with Gasteiger partial charge in [-0.3, -0.25) is 14.6 Å². The summed E-state index contributed by atoms with van der Waals surface area (Å²) in [6, 6.07) is 0.804. The van der Waals surface area contributed by atoms with Gasteiger partial charge in [-0.25, -0.2) is 0 Å². The van der Waals surface area contributed by atoms with Crippen molar-refractivity contribution in [1.29, 1.82) is 0 Å². The van der Waals surface area contributed by atoms with Crippen LogP contribution >= 0.6 is 0 Å². The summed E-state index contributed by atoms with van der Waals surface area (Å²) in [5.74, 6) is 1.78. The van der Waals surface area contributed by atoms with E-state index in [1.807, 2.05) is 0 Å². The topological polar surface area (TPSA) is 44.8 Å². The van der Waals surface area contributed by atoms with E-state index in [0.717, 1.165) is 43.9 Å². The fraction of sp³-hybridized carbons (Fsp3) is 0.938. The van der Waals surface area contributed by atoms with Gasteiger partial charge in [0.25, 0.3) is 0 Å². The maximum absolute atomic E-state index is 12.0. The van der Waals surface area contributed by atoms with Gasteiger partial charge < -0.3 is 10.1 Å². The minimum absolute atomic E-state index is 0.173. The number of amides is 1. The first-order chi connectivity index (χ1) is 10.3. The van der Waals surface area contributed by atoms with Crippen molar-refractivity contribution in [2.75, 3.05) is 53.0 Å². The number of rotatable bonds is 6. The molecule has 0 aromatic carbocycles. The van der Waals surface area contributed by atoms with Crippen LogP contribution in [0.3, 0.4) is 0 Å². The molecule has 0 aromatic heterocycles. The van der Waals surface area contributed by atoms with E-state index in [2.05, 4.69) is 15.1 Å². The van der Waals surface area contributed by atoms with Crippen molar-refractivity contribution in [1.82, 2.24) is 15.1 Å². The first-order valence-electron chi connectivity index (χ1n) is 8.50.